The first kappa shape index (κ1) is 15.7. The number of sulfone groups is 1. The summed E-state index contributed by atoms with van der Waals surface area (Å²) in [4.78, 5) is 0.308. The third-order valence-electron chi connectivity index (χ3n) is 3.77. The summed E-state index contributed by atoms with van der Waals surface area (Å²) in [5.74, 6) is 5.71. The fourth-order valence-electron chi connectivity index (χ4n) is 2.36. The zero-order valence-electron chi connectivity index (χ0n) is 12.4. The van der Waals surface area contributed by atoms with Crippen molar-refractivity contribution in [3.05, 3.63) is 64.7 Å². The van der Waals surface area contributed by atoms with Crippen LogP contribution in [0, 0.1) is 13.8 Å². The van der Waals surface area contributed by atoms with Gasteiger partial charge in [-0.05, 0) is 48.2 Å². The van der Waals surface area contributed by atoms with E-state index in [4.69, 9.17) is 5.84 Å². The van der Waals surface area contributed by atoms with E-state index >= 15 is 0 Å². The number of hydrogen-bond acceptors (Lipinski definition) is 4. The van der Waals surface area contributed by atoms with Crippen LogP contribution in [0.1, 0.15) is 28.3 Å². The van der Waals surface area contributed by atoms with Crippen LogP contribution in [0.5, 0.6) is 0 Å². The van der Waals surface area contributed by atoms with Gasteiger partial charge in [0.25, 0.3) is 0 Å². The molecule has 1 atom stereocenters. The molecular weight excluding hydrogens is 284 g/mol. The minimum atomic E-state index is -3.18. The van der Waals surface area contributed by atoms with Crippen LogP contribution >= 0.6 is 0 Å². The van der Waals surface area contributed by atoms with Crippen molar-refractivity contribution < 1.29 is 8.42 Å². The molecule has 1 unspecified atom stereocenters. The Bertz CT molecular complexity index is 737. The zero-order chi connectivity index (χ0) is 15.6. The molecular formula is C16H20N2O2S. The number of rotatable bonds is 4. The number of aryl methyl sites for hydroxylation is 1. The first-order valence-corrected chi connectivity index (χ1v) is 8.56. The minimum Gasteiger partial charge on any atom is -0.271 e. The van der Waals surface area contributed by atoms with Crippen molar-refractivity contribution in [2.75, 3.05) is 6.26 Å². The zero-order valence-corrected chi connectivity index (χ0v) is 13.2. The highest BCUT2D eigenvalue weighted by atomic mass is 32.2. The minimum absolute atomic E-state index is 0.168. The van der Waals surface area contributed by atoms with E-state index in [1.165, 1.54) is 17.4 Å². The molecule has 0 saturated heterocycles. The maximum atomic E-state index is 11.5. The lowest BCUT2D eigenvalue weighted by Gasteiger charge is -2.20. The van der Waals surface area contributed by atoms with Gasteiger partial charge in [0.15, 0.2) is 9.84 Å². The molecule has 0 radical (unpaired) electrons. The third-order valence-corrected chi connectivity index (χ3v) is 4.89. The van der Waals surface area contributed by atoms with E-state index < -0.39 is 9.84 Å². The molecule has 112 valence electrons. The molecule has 2 aromatic rings. The third kappa shape index (κ3) is 3.32. The number of nitrogens with two attached hydrogens (primary N) is 1. The Labute approximate surface area is 125 Å². The van der Waals surface area contributed by atoms with Gasteiger partial charge in [0.05, 0.1) is 10.9 Å². The van der Waals surface area contributed by atoms with Gasteiger partial charge in [-0.25, -0.2) is 13.8 Å². The summed E-state index contributed by atoms with van der Waals surface area (Å²) in [6.07, 6.45) is 1.20. The van der Waals surface area contributed by atoms with E-state index in [0.29, 0.717) is 4.90 Å². The number of nitrogens with one attached hydrogen (secondary N) is 1. The SMILES string of the molecule is Cc1cccc(C(NN)c2ccc(S(C)(=O)=O)cc2)c1C. The summed E-state index contributed by atoms with van der Waals surface area (Å²) in [5, 5.41) is 0. The van der Waals surface area contributed by atoms with Crippen molar-refractivity contribution in [3.8, 4) is 0 Å². The second kappa shape index (κ2) is 5.97. The molecule has 0 aromatic heterocycles. The number of hydrogen-bond donors (Lipinski definition) is 2. The molecule has 0 fully saturated rings. The lowest BCUT2D eigenvalue weighted by molar-refractivity contribution is 0.601. The molecule has 0 bridgehead atoms. The van der Waals surface area contributed by atoms with Gasteiger partial charge in [-0.1, -0.05) is 30.3 Å². The Balaban J connectivity index is 2.45. The highest BCUT2D eigenvalue weighted by Crippen LogP contribution is 2.26. The molecule has 2 rings (SSSR count). The Morgan fingerprint density at radius 1 is 1.05 bits per heavy atom. The molecule has 21 heavy (non-hydrogen) atoms. The van der Waals surface area contributed by atoms with Crippen LogP contribution in [-0.4, -0.2) is 14.7 Å². The van der Waals surface area contributed by atoms with Gasteiger partial charge in [0.2, 0.25) is 0 Å². The van der Waals surface area contributed by atoms with E-state index in [1.807, 2.05) is 12.1 Å². The first-order valence-electron chi connectivity index (χ1n) is 6.67. The summed E-state index contributed by atoms with van der Waals surface area (Å²) >= 11 is 0. The lowest BCUT2D eigenvalue weighted by Crippen LogP contribution is -2.29. The predicted molar refractivity (Wildman–Crippen MR) is 84.6 cm³/mol. The molecule has 0 heterocycles. The van der Waals surface area contributed by atoms with E-state index in [2.05, 4.69) is 25.3 Å². The molecule has 0 aliphatic carbocycles. The van der Waals surface area contributed by atoms with Gasteiger partial charge in [0.1, 0.15) is 0 Å². The molecule has 5 heteroatoms. The summed E-state index contributed by atoms with van der Waals surface area (Å²) in [7, 11) is -3.18. The molecule has 4 nitrogen and oxygen atoms in total. The van der Waals surface area contributed by atoms with Crippen LogP contribution in [0.3, 0.4) is 0 Å². The Hall–Kier alpha value is -1.69. The molecule has 3 N–H and O–H groups in total. The van der Waals surface area contributed by atoms with Crippen molar-refractivity contribution in [1.82, 2.24) is 5.43 Å². The summed E-state index contributed by atoms with van der Waals surface area (Å²) < 4.78 is 23.0. The van der Waals surface area contributed by atoms with Crippen molar-refractivity contribution in [1.29, 1.82) is 0 Å². The van der Waals surface area contributed by atoms with Gasteiger partial charge in [-0.15, -0.1) is 0 Å². The molecule has 0 saturated carbocycles. The number of benzene rings is 2. The van der Waals surface area contributed by atoms with Crippen LogP contribution in [0.25, 0.3) is 0 Å². The largest absolute Gasteiger partial charge is 0.271 e. The van der Waals surface area contributed by atoms with Crippen LogP contribution in [0.2, 0.25) is 0 Å². The normalized spacial score (nSPS) is 13.1. The van der Waals surface area contributed by atoms with Crippen molar-refractivity contribution in [3.63, 3.8) is 0 Å². The van der Waals surface area contributed by atoms with Gasteiger partial charge in [-0.3, -0.25) is 5.84 Å². The Morgan fingerprint density at radius 3 is 2.19 bits per heavy atom. The second-order valence-corrected chi connectivity index (χ2v) is 7.25. The average Bonchev–Trinajstić information content (AvgIpc) is 2.44. The maximum Gasteiger partial charge on any atom is 0.175 e. The first-order chi connectivity index (χ1) is 9.84. The highest BCUT2D eigenvalue weighted by molar-refractivity contribution is 7.90. The second-order valence-electron chi connectivity index (χ2n) is 5.23. The molecule has 2 aromatic carbocycles. The Kier molecular flexibility index (Phi) is 4.46. The van der Waals surface area contributed by atoms with Crippen LogP contribution in [0.4, 0.5) is 0 Å². The highest BCUT2D eigenvalue weighted by Gasteiger charge is 2.16. The molecule has 0 aliphatic heterocycles. The van der Waals surface area contributed by atoms with E-state index in [0.717, 1.165) is 11.1 Å². The van der Waals surface area contributed by atoms with Crippen molar-refractivity contribution in [2.24, 2.45) is 5.84 Å². The smallest absolute Gasteiger partial charge is 0.175 e. The maximum absolute atomic E-state index is 11.5. The monoisotopic (exact) mass is 304 g/mol. The van der Waals surface area contributed by atoms with Gasteiger partial charge < -0.3 is 0 Å². The summed E-state index contributed by atoms with van der Waals surface area (Å²) in [5.41, 5.74) is 7.20. The van der Waals surface area contributed by atoms with E-state index in [1.54, 1.807) is 24.3 Å². The van der Waals surface area contributed by atoms with Crippen molar-refractivity contribution in [2.45, 2.75) is 24.8 Å². The average molecular weight is 304 g/mol. The topological polar surface area (TPSA) is 72.2 Å². The lowest BCUT2D eigenvalue weighted by atomic mass is 9.93. The van der Waals surface area contributed by atoms with Crippen LogP contribution in [-0.2, 0) is 9.84 Å². The van der Waals surface area contributed by atoms with E-state index in [-0.39, 0.29) is 6.04 Å². The summed E-state index contributed by atoms with van der Waals surface area (Å²) in [6.45, 7) is 4.11. The van der Waals surface area contributed by atoms with Crippen LogP contribution < -0.4 is 11.3 Å². The van der Waals surface area contributed by atoms with Gasteiger partial charge >= 0.3 is 0 Å². The molecule has 0 aliphatic rings. The molecule has 0 spiro atoms. The van der Waals surface area contributed by atoms with Crippen LogP contribution in [0.15, 0.2) is 47.4 Å². The fourth-order valence-corrected chi connectivity index (χ4v) is 2.99. The predicted octanol–water partition coefficient (Wildman–Crippen LogP) is 2.26. The summed E-state index contributed by atoms with van der Waals surface area (Å²) in [6, 6.07) is 12.7. The Morgan fingerprint density at radius 2 is 1.67 bits per heavy atom. The molecule has 0 amide bonds. The standard InChI is InChI=1S/C16H20N2O2S/c1-11-5-4-6-15(12(11)2)16(18-17)13-7-9-14(10-8-13)21(3,19)20/h4-10,16,18H,17H2,1-3H3. The van der Waals surface area contributed by atoms with E-state index in [9.17, 15) is 8.42 Å². The fraction of sp³-hybridized carbons (Fsp3) is 0.250. The van der Waals surface area contributed by atoms with Gasteiger partial charge in [-0.2, -0.15) is 0 Å². The number of hydrazine groups is 1. The van der Waals surface area contributed by atoms with Crippen molar-refractivity contribution >= 4 is 9.84 Å². The quantitative estimate of drug-likeness (QED) is 0.671. The van der Waals surface area contributed by atoms with Gasteiger partial charge in [0, 0.05) is 6.26 Å².